The van der Waals surface area contributed by atoms with Gasteiger partial charge >= 0.3 is 5.97 Å². The number of nitrogen functional groups attached to an aromatic ring is 1. The van der Waals surface area contributed by atoms with E-state index in [0.717, 1.165) is 25.0 Å². The van der Waals surface area contributed by atoms with Crippen LogP contribution in [0.15, 0.2) is 29.2 Å². The van der Waals surface area contributed by atoms with E-state index in [1.165, 1.54) is 101 Å². The molecule has 0 saturated heterocycles. The molecule has 0 spiro atoms. The number of carbonyl (C=O) groups excluding carboxylic acids is 1. The van der Waals surface area contributed by atoms with Crippen molar-refractivity contribution in [2.24, 2.45) is 5.73 Å². The van der Waals surface area contributed by atoms with Crippen LogP contribution in [0.4, 0.5) is 5.69 Å². The van der Waals surface area contributed by atoms with Gasteiger partial charge in [0, 0.05) is 12.1 Å². The number of benzene rings is 1. The molecule has 1 aromatic rings. The summed E-state index contributed by atoms with van der Waals surface area (Å²) in [6.45, 7) is 2.26. The maximum atomic E-state index is 12.1. The van der Waals surface area contributed by atoms with Crippen molar-refractivity contribution in [3.63, 3.8) is 0 Å². The van der Waals surface area contributed by atoms with E-state index in [1.807, 2.05) is 6.26 Å². The second kappa shape index (κ2) is 24.1. The lowest BCUT2D eigenvalue weighted by Gasteiger charge is -2.07. The summed E-state index contributed by atoms with van der Waals surface area (Å²) in [6, 6.07) is 5.14. The maximum Gasteiger partial charge on any atom is 0.320 e. The summed E-state index contributed by atoms with van der Waals surface area (Å²) in [5.74, 6) is -0.543. The Morgan fingerprint density at radius 1 is 0.846 bits per heavy atom. The number of hydrogen-bond donors (Lipinski definition) is 4. The van der Waals surface area contributed by atoms with Crippen LogP contribution in [0.2, 0.25) is 0 Å². The lowest BCUT2D eigenvalue weighted by Crippen LogP contribution is -2.30. The second-order valence-electron chi connectivity index (χ2n) is 10.0. The molecular weight excluding hydrogens is 534 g/mol. The topological polar surface area (TPSA) is 153 Å². The van der Waals surface area contributed by atoms with Crippen molar-refractivity contribution >= 4 is 39.3 Å². The molecule has 8 nitrogen and oxygen atoms in total. The van der Waals surface area contributed by atoms with Crippen LogP contribution >= 0.6 is 11.8 Å². The number of carboxylic acid groups (broad SMARTS) is 1. The van der Waals surface area contributed by atoms with E-state index in [-0.39, 0.29) is 11.3 Å². The van der Waals surface area contributed by atoms with E-state index < -0.39 is 27.9 Å². The molecule has 0 aliphatic rings. The Hall–Kier alpha value is -1.78. The quantitative estimate of drug-likeness (QED) is 0.0887. The largest absolute Gasteiger partial charge is 0.480 e. The molecule has 0 bridgehead atoms. The van der Waals surface area contributed by atoms with Crippen molar-refractivity contribution in [1.82, 2.24) is 4.72 Å². The highest BCUT2D eigenvalue weighted by Crippen LogP contribution is 2.15. The number of nitrogens with one attached hydrogen (secondary N) is 1. The highest BCUT2D eigenvalue weighted by molar-refractivity contribution is 7.98. The molecule has 0 unspecified atom stereocenters. The molecule has 0 fully saturated rings. The minimum Gasteiger partial charge on any atom is -0.480 e. The van der Waals surface area contributed by atoms with Gasteiger partial charge in [-0.1, -0.05) is 96.8 Å². The smallest absolute Gasteiger partial charge is 0.320 e. The number of amides is 1. The van der Waals surface area contributed by atoms with Gasteiger partial charge in [0.2, 0.25) is 5.91 Å². The highest BCUT2D eigenvalue weighted by atomic mass is 32.2. The average Bonchev–Trinajstić information content (AvgIpc) is 2.89. The van der Waals surface area contributed by atoms with Gasteiger partial charge in [-0.3, -0.25) is 9.59 Å². The molecule has 0 aliphatic heterocycles. The Morgan fingerprint density at radius 2 is 1.28 bits per heavy atom. The molecule has 10 heteroatoms. The molecule has 0 aromatic heterocycles. The molecule has 0 saturated carbocycles. The lowest BCUT2D eigenvalue weighted by atomic mass is 10.0. The van der Waals surface area contributed by atoms with Crippen LogP contribution in [0.5, 0.6) is 0 Å². The number of thioether (sulfide) groups is 1. The van der Waals surface area contributed by atoms with Gasteiger partial charge in [-0.05, 0) is 49.1 Å². The van der Waals surface area contributed by atoms with Gasteiger partial charge in [0.05, 0.1) is 4.90 Å². The monoisotopic (exact) mass is 587 g/mol. The van der Waals surface area contributed by atoms with Crippen LogP contribution < -0.4 is 16.2 Å². The zero-order valence-corrected chi connectivity index (χ0v) is 25.8. The fourth-order valence-corrected chi connectivity index (χ4v) is 5.44. The third-order valence-corrected chi connectivity index (χ3v) is 8.43. The van der Waals surface area contributed by atoms with Crippen LogP contribution in [-0.2, 0) is 19.6 Å². The fourth-order valence-electron chi connectivity index (χ4n) is 3.93. The van der Waals surface area contributed by atoms with E-state index in [2.05, 4.69) is 11.6 Å². The van der Waals surface area contributed by atoms with Gasteiger partial charge in [-0.2, -0.15) is 11.8 Å². The normalized spacial score (nSPS) is 11.9. The molecule has 226 valence electrons. The molecule has 1 rings (SSSR count). The number of unbranched alkanes of at least 4 members (excludes halogenated alkanes) is 14. The Kier molecular flexibility index (Phi) is 23.0. The van der Waals surface area contributed by atoms with Crippen molar-refractivity contribution in [2.45, 2.75) is 127 Å². The van der Waals surface area contributed by atoms with Crippen molar-refractivity contribution in [3.8, 4) is 0 Å². The summed E-state index contributed by atoms with van der Waals surface area (Å²) < 4.78 is 26.4. The van der Waals surface area contributed by atoms with Gasteiger partial charge in [0.15, 0.2) is 0 Å². The first-order chi connectivity index (χ1) is 18.6. The van der Waals surface area contributed by atoms with E-state index in [1.54, 1.807) is 11.8 Å². The Bertz CT molecular complexity index is 864. The van der Waals surface area contributed by atoms with Crippen LogP contribution in [0, 0.1) is 0 Å². The molecular formula is C29H53N3O5S2. The number of anilines is 1. The molecule has 6 N–H and O–H groups in total. The minimum atomic E-state index is -3.80. The summed E-state index contributed by atoms with van der Waals surface area (Å²) in [7, 11) is -3.80. The molecule has 1 aromatic carbocycles. The van der Waals surface area contributed by atoms with Gasteiger partial charge < -0.3 is 16.6 Å². The van der Waals surface area contributed by atoms with E-state index >= 15 is 0 Å². The van der Waals surface area contributed by atoms with Crippen LogP contribution in [0.3, 0.4) is 0 Å². The predicted octanol–water partition coefficient (Wildman–Crippen LogP) is 6.49. The zero-order valence-electron chi connectivity index (χ0n) is 24.2. The van der Waals surface area contributed by atoms with E-state index in [0.29, 0.717) is 12.1 Å². The van der Waals surface area contributed by atoms with Crippen LogP contribution in [0.25, 0.3) is 0 Å². The van der Waals surface area contributed by atoms with E-state index in [4.69, 9.17) is 16.6 Å². The summed E-state index contributed by atoms with van der Waals surface area (Å²) in [6.07, 6.45) is 21.6. The highest BCUT2D eigenvalue weighted by Gasteiger charge is 2.17. The first-order valence-electron chi connectivity index (χ1n) is 14.5. The fraction of sp³-hybridized carbons (Fsp3) is 0.724. The lowest BCUT2D eigenvalue weighted by molar-refractivity contribution is -0.138. The zero-order chi connectivity index (χ0) is 29.4. The summed E-state index contributed by atoms with van der Waals surface area (Å²) in [5, 5.41) is 8.27. The number of aliphatic carboxylic acids is 1. The third-order valence-electron chi connectivity index (χ3n) is 6.40. The number of carbonyl (C=O) groups is 2. The second-order valence-corrected chi connectivity index (χ2v) is 12.7. The number of hydrogen-bond acceptors (Lipinski definition) is 7. The predicted molar refractivity (Wildman–Crippen MR) is 164 cm³/mol. The summed E-state index contributed by atoms with van der Waals surface area (Å²) in [5.41, 5.74) is 11.2. The van der Waals surface area contributed by atoms with Crippen molar-refractivity contribution in [2.75, 3.05) is 17.7 Å². The van der Waals surface area contributed by atoms with Crippen LogP contribution in [-0.4, -0.2) is 43.5 Å². The van der Waals surface area contributed by atoms with Crippen LogP contribution in [0.1, 0.15) is 116 Å². The van der Waals surface area contributed by atoms with Gasteiger partial charge in [0.25, 0.3) is 10.0 Å². The molecule has 1 amide bonds. The first-order valence-corrected chi connectivity index (χ1v) is 17.4. The van der Waals surface area contributed by atoms with E-state index in [9.17, 15) is 18.0 Å². The number of rotatable bonds is 22. The maximum absolute atomic E-state index is 12.1. The molecule has 0 radical (unpaired) electrons. The van der Waals surface area contributed by atoms with Crippen molar-refractivity contribution in [1.29, 1.82) is 0 Å². The Labute approximate surface area is 241 Å². The SMILES string of the molecule is CCCCCCCCCCCCCCCCCC(=O)NS(=O)(=O)c1ccc(N)cc1.CSCC[C@H](N)C(=O)O. The number of sulfonamides is 1. The first kappa shape index (κ1) is 37.2. The standard InChI is InChI=1S/C24H42N2O3S.C5H11NO2S/c1-2-3-4-5-6-7-8-9-10-11-12-13-14-15-16-17-24(27)26-30(28,29)23-20-18-22(25)19-21-23;1-9-3-2-4(6)5(7)8/h18-21H,2-17,25H2,1H3,(H,26,27);4H,2-3,6H2,1H3,(H,7,8)/t;4-/m.0/s1. The Morgan fingerprint density at radius 3 is 1.69 bits per heavy atom. The summed E-state index contributed by atoms with van der Waals surface area (Å²) >= 11 is 1.60. The minimum absolute atomic E-state index is 0.0570. The van der Waals surface area contributed by atoms with Gasteiger partial charge in [-0.25, -0.2) is 13.1 Å². The van der Waals surface area contributed by atoms with Gasteiger partial charge in [0.1, 0.15) is 6.04 Å². The molecule has 1 atom stereocenters. The van der Waals surface area contributed by atoms with Gasteiger partial charge in [-0.15, -0.1) is 0 Å². The molecule has 39 heavy (non-hydrogen) atoms. The Balaban J connectivity index is 0.00000137. The van der Waals surface area contributed by atoms with Crippen molar-refractivity contribution in [3.05, 3.63) is 24.3 Å². The third kappa shape index (κ3) is 21.7. The number of carboxylic acids is 1. The average molecular weight is 588 g/mol. The van der Waals surface area contributed by atoms with Crippen molar-refractivity contribution < 1.29 is 23.1 Å². The number of nitrogens with two attached hydrogens (primary N) is 2. The molecule has 0 heterocycles. The molecule has 0 aliphatic carbocycles. The summed E-state index contributed by atoms with van der Waals surface area (Å²) in [4.78, 5) is 22.0.